The van der Waals surface area contributed by atoms with Crippen molar-refractivity contribution >= 4 is 17.3 Å². The number of benzene rings is 1. The summed E-state index contributed by atoms with van der Waals surface area (Å²) in [7, 11) is 0. The zero-order valence-corrected chi connectivity index (χ0v) is 11.2. The van der Waals surface area contributed by atoms with Gasteiger partial charge in [0.1, 0.15) is 5.69 Å². The van der Waals surface area contributed by atoms with Crippen molar-refractivity contribution in [2.24, 2.45) is 0 Å². The molecular formula is C13H14N4O3. The van der Waals surface area contributed by atoms with Crippen LogP contribution in [0.25, 0.3) is 0 Å². The molecule has 1 N–H and O–H groups in total. The standard InChI is InChI=1S/C13H14N4O3/c1-3-16-8-10(9(2)15-16)13(18)14-11-6-4-5-7-12(11)17(19)20/h4-8H,3H2,1-2H3,(H,14,18). The molecule has 7 heteroatoms. The summed E-state index contributed by atoms with van der Waals surface area (Å²) in [5.74, 6) is -0.406. The summed E-state index contributed by atoms with van der Waals surface area (Å²) in [5, 5.41) is 17.6. The first-order valence-electron chi connectivity index (χ1n) is 6.11. The Labute approximate surface area is 115 Å². The molecule has 0 aliphatic heterocycles. The van der Waals surface area contributed by atoms with Crippen LogP contribution in [0.3, 0.4) is 0 Å². The van der Waals surface area contributed by atoms with Gasteiger partial charge in [-0.25, -0.2) is 0 Å². The van der Waals surface area contributed by atoms with Crippen molar-refractivity contribution in [1.82, 2.24) is 9.78 Å². The van der Waals surface area contributed by atoms with Crippen LogP contribution in [0.1, 0.15) is 23.0 Å². The number of carbonyl (C=O) groups excluding carboxylic acids is 1. The number of aromatic nitrogens is 2. The summed E-state index contributed by atoms with van der Waals surface area (Å²) in [5.41, 5.74) is 1.03. The van der Waals surface area contributed by atoms with E-state index in [0.29, 0.717) is 17.8 Å². The maximum atomic E-state index is 12.2. The number of hydrogen-bond acceptors (Lipinski definition) is 4. The van der Waals surface area contributed by atoms with Crippen LogP contribution < -0.4 is 5.32 Å². The van der Waals surface area contributed by atoms with E-state index in [1.54, 1.807) is 29.9 Å². The number of aryl methyl sites for hydroxylation is 2. The lowest BCUT2D eigenvalue weighted by Crippen LogP contribution is -2.13. The number of nitro benzene ring substituents is 1. The van der Waals surface area contributed by atoms with Gasteiger partial charge in [-0.1, -0.05) is 12.1 Å². The van der Waals surface area contributed by atoms with E-state index in [2.05, 4.69) is 10.4 Å². The van der Waals surface area contributed by atoms with Crippen molar-refractivity contribution in [2.75, 3.05) is 5.32 Å². The van der Waals surface area contributed by atoms with Crippen LogP contribution >= 0.6 is 0 Å². The summed E-state index contributed by atoms with van der Waals surface area (Å²) in [4.78, 5) is 22.5. The summed E-state index contributed by atoms with van der Waals surface area (Å²) in [6, 6.07) is 6.02. The molecule has 0 fully saturated rings. The van der Waals surface area contributed by atoms with E-state index >= 15 is 0 Å². The molecule has 20 heavy (non-hydrogen) atoms. The quantitative estimate of drug-likeness (QED) is 0.684. The van der Waals surface area contributed by atoms with Crippen LogP contribution in [0.15, 0.2) is 30.5 Å². The number of nitro groups is 1. The molecule has 1 aromatic heterocycles. The van der Waals surface area contributed by atoms with Crippen LogP contribution in [-0.4, -0.2) is 20.6 Å². The second kappa shape index (κ2) is 5.52. The van der Waals surface area contributed by atoms with Gasteiger partial charge in [0, 0.05) is 18.8 Å². The molecule has 1 heterocycles. The second-order valence-electron chi connectivity index (χ2n) is 4.21. The molecule has 0 radical (unpaired) electrons. The minimum Gasteiger partial charge on any atom is -0.316 e. The fourth-order valence-corrected chi connectivity index (χ4v) is 1.83. The SMILES string of the molecule is CCn1cc(C(=O)Nc2ccccc2[N+](=O)[O-])c(C)n1. The first-order chi connectivity index (χ1) is 9.52. The fourth-order valence-electron chi connectivity index (χ4n) is 1.83. The third-order valence-corrected chi connectivity index (χ3v) is 2.86. The molecule has 0 aliphatic rings. The van der Waals surface area contributed by atoms with E-state index in [1.165, 1.54) is 12.1 Å². The Hall–Kier alpha value is -2.70. The molecule has 2 aromatic rings. The summed E-state index contributed by atoms with van der Waals surface area (Å²) in [6.45, 7) is 4.29. The van der Waals surface area contributed by atoms with Crippen molar-refractivity contribution in [2.45, 2.75) is 20.4 Å². The van der Waals surface area contributed by atoms with Gasteiger partial charge in [-0.3, -0.25) is 19.6 Å². The number of para-hydroxylation sites is 2. The van der Waals surface area contributed by atoms with Crippen molar-refractivity contribution in [3.63, 3.8) is 0 Å². The van der Waals surface area contributed by atoms with Crippen LogP contribution in [0.4, 0.5) is 11.4 Å². The van der Waals surface area contributed by atoms with Crippen molar-refractivity contribution < 1.29 is 9.72 Å². The lowest BCUT2D eigenvalue weighted by Gasteiger charge is -2.04. The van der Waals surface area contributed by atoms with Crippen LogP contribution in [0.2, 0.25) is 0 Å². The van der Waals surface area contributed by atoms with Gasteiger partial charge < -0.3 is 5.32 Å². The third kappa shape index (κ3) is 2.66. The molecule has 0 saturated heterocycles. The van der Waals surface area contributed by atoms with Crippen LogP contribution in [0.5, 0.6) is 0 Å². The monoisotopic (exact) mass is 274 g/mol. The Kier molecular flexibility index (Phi) is 3.79. The first-order valence-corrected chi connectivity index (χ1v) is 6.11. The molecule has 0 unspecified atom stereocenters. The second-order valence-corrected chi connectivity index (χ2v) is 4.21. The van der Waals surface area contributed by atoms with Crippen molar-refractivity contribution in [3.05, 3.63) is 51.8 Å². The Balaban J connectivity index is 2.28. The van der Waals surface area contributed by atoms with Gasteiger partial charge in [0.15, 0.2) is 0 Å². The molecule has 0 aliphatic carbocycles. The number of rotatable bonds is 4. The number of carbonyl (C=O) groups is 1. The van der Waals surface area contributed by atoms with Gasteiger partial charge >= 0.3 is 0 Å². The highest BCUT2D eigenvalue weighted by Crippen LogP contribution is 2.24. The van der Waals surface area contributed by atoms with Gasteiger partial charge in [0.2, 0.25) is 0 Å². The van der Waals surface area contributed by atoms with Gasteiger partial charge in [-0.15, -0.1) is 0 Å². The van der Waals surface area contributed by atoms with Crippen molar-refractivity contribution in [3.8, 4) is 0 Å². The first kappa shape index (κ1) is 13.7. The van der Waals surface area contributed by atoms with E-state index in [1.807, 2.05) is 6.92 Å². The van der Waals surface area contributed by atoms with Gasteiger partial charge in [-0.2, -0.15) is 5.10 Å². The van der Waals surface area contributed by atoms with Gasteiger partial charge in [-0.05, 0) is 19.9 Å². The molecule has 0 atom stereocenters. The van der Waals surface area contributed by atoms with Gasteiger partial charge in [0.05, 0.1) is 16.2 Å². The molecule has 0 spiro atoms. The van der Waals surface area contributed by atoms with Gasteiger partial charge in [0.25, 0.3) is 11.6 Å². The average molecular weight is 274 g/mol. The number of nitrogens with zero attached hydrogens (tertiary/aromatic N) is 3. The topological polar surface area (TPSA) is 90.1 Å². The van der Waals surface area contributed by atoms with Crippen molar-refractivity contribution in [1.29, 1.82) is 0 Å². The molecule has 7 nitrogen and oxygen atoms in total. The highest BCUT2D eigenvalue weighted by molar-refractivity contribution is 6.05. The maximum absolute atomic E-state index is 12.2. The smallest absolute Gasteiger partial charge is 0.292 e. The molecule has 1 amide bonds. The zero-order chi connectivity index (χ0) is 14.7. The maximum Gasteiger partial charge on any atom is 0.292 e. The van der Waals surface area contributed by atoms with E-state index in [0.717, 1.165) is 0 Å². The molecule has 2 rings (SSSR count). The summed E-state index contributed by atoms with van der Waals surface area (Å²) < 4.78 is 1.64. The number of amides is 1. The molecule has 104 valence electrons. The number of anilines is 1. The zero-order valence-electron chi connectivity index (χ0n) is 11.2. The Morgan fingerprint density at radius 2 is 2.15 bits per heavy atom. The molecule has 1 aromatic carbocycles. The summed E-state index contributed by atoms with van der Waals surface area (Å²) >= 11 is 0. The Morgan fingerprint density at radius 3 is 2.75 bits per heavy atom. The fraction of sp³-hybridized carbons (Fsp3) is 0.231. The van der Waals surface area contributed by atoms with E-state index in [-0.39, 0.29) is 11.4 Å². The van der Waals surface area contributed by atoms with E-state index in [4.69, 9.17) is 0 Å². The molecule has 0 saturated carbocycles. The predicted octanol–water partition coefficient (Wildman–Crippen LogP) is 2.37. The highest BCUT2D eigenvalue weighted by atomic mass is 16.6. The number of nitrogens with one attached hydrogen (secondary N) is 1. The predicted molar refractivity (Wildman–Crippen MR) is 73.7 cm³/mol. The molecule has 0 bridgehead atoms. The minimum atomic E-state index is -0.530. The highest BCUT2D eigenvalue weighted by Gasteiger charge is 2.18. The van der Waals surface area contributed by atoms with E-state index in [9.17, 15) is 14.9 Å². The van der Waals surface area contributed by atoms with Crippen LogP contribution in [0, 0.1) is 17.0 Å². The Morgan fingerprint density at radius 1 is 1.45 bits per heavy atom. The van der Waals surface area contributed by atoms with Crippen LogP contribution in [-0.2, 0) is 6.54 Å². The lowest BCUT2D eigenvalue weighted by molar-refractivity contribution is -0.383. The largest absolute Gasteiger partial charge is 0.316 e. The number of hydrogen-bond donors (Lipinski definition) is 1. The molecular weight excluding hydrogens is 260 g/mol. The lowest BCUT2D eigenvalue weighted by atomic mass is 10.2. The minimum absolute atomic E-state index is 0.138. The van der Waals surface area contributed by atoms with E-state index < -0.39 is 10.8 Å². The average Bonchev–Trinajstić information content (AvgIpc) is 2.80. The normalized spacial score (nSPS) is 10.3. The third-order valence-electron chi connectivity index (χ3n) is 2.86. The Bertz CT molecular complexity index is 663. The summed E-state index contributed by atoms with van der Waals surface area (Å²) in [6.07, 6.45) is 1.62.